The zero-order valence-electron chi connectivity index (χ0n) is 29.7. The molecule has 0 unspecified atom stereocenters. The summed E-state index contributed by atoms with van der Waals surface area (Å²) in [6.45, 7) is 0. The summed E-state index contributed by atoms with van der Waals surface area (Å²) in [7, 11) is 0. The predicted molar refractivity (Wildman–Crippen MR) is 232 cm³/mol. The Balaban J connectivity index is 1.17. The molecule has 0 N–H and O–H groups in total. The van der Waals surface area contributed by atoms with E-state index < -0.39 is 0 Å². The van der Waals surface area contributed by atoms with E-state index in [1.54, 1.807) is 0 Å². The zero-order chi connectivity index (χ0) is 36.0. The van der Waals surface area contributed by atoms with E-state index in [0.717, 1.165) is 43.9 Å². The molecule has 12 rings (SSSR count). The average molecular weight is 698 g/mol. The highest BCUT2D eigenvalue weighted by Gasteiger charge is 2.19. The molecule has 12 aromatic rings. The van der Waals surface area contributed by atoms with E-state index >= 15 is 0 Å². The molecule has 0 aliphatic heterocycles. The third-order valence-corrected chi connectivity index (χ3v) is 11.6. The van der Waals surface area contributed by atoms with Crippen molar-refractivity contribution in [2.75, 3.05) is 0 Å². The van der Waals surface area contributed by atoms with Gasteiger partial charge in [0, 0.05) is 28.6 Å². The zero-order valence-corrected chi connectivity index (χ0v) is 29.7. The molecule has 0 fully saturated rings. The number of para-hydroxylation sites is 2. The number of benzene rings is 9. The van der Waals surface area contributed by atoms with Crippen LogP contribution in [0.15, 0.2) is 188 Å². The van der Waals surface area contributed by atoms with Crippen LogP contribution in [0.3, 0.4) is 0 Å². The highest BCUT2D eigenvalue weighted by atomic mass is 15.0. The van der Waals surface area contributed by atoms with Crippen molar-refractivity contribution in [3.05, 3.63) is 188 Å². The molecule has 0 amide bonds. The van der Waals surface area contributed by atoms with Gasteiger partial charge in [-0.2, -0.15) is 0 Å². The standard InChI is InChI=1S/C52H31N3/c1-3-11-34-27-38(19-17-32(34)9-1)50-40-13-5-6-14-41(40)51(39-20-18-33-10-2-4-12-35(33)28-39)45-30-36(21-23-42(45)50)37-22-24-48-44(29-37)46-31-53-26-25-43(46)52-54-47-15-7-8-16-49(47)55(48)52/h1-31H. The quantitative estimate of drug-likeness (QED) is 0.136. The van der Waals surface area contributed by atoms with Gasteiger partial charge in [-0.15, -0.1) is 0 Å². The topological polar surface area (TPSA) is 30.2 Å². The lowest BCUT2D eigenvalue weighted by Gasteiger charge is -2.19. The van der Waals surface area contributed by atoms with Gasteiger partial charge >= 0.3 is 0 Å². The first-order valence-electron chi connectivity index (χ1n) is 18.8. The van der Waals surface area contributed by atoms with E-state index in [1.165, 1.54) is 70.9 Å². The Bertz CT molecular complexity index is 3560. The molecule has 3 heterocycles. The summed E-state index contributed by atoms with van der Waals surface area (Å²) in [6, 6.07) is 64.4. The molecule has 0 spiro atoms. The molecule has 55 heavy (non-hydrogen) atoms. The molecule has 0 saturated carbocycles. The second kappa shape index (κ2) is 11.6. The number of pyridine rings is 2. The average Bonchev–Trinajstić information content (AvgIpc) is 3.65. The summed E-state index contributed by atoms with van der Waals surface area (Å²) >= 11 is 0. The van der Waals surface area contributed by atoms with Gasteiger partial charge in [0.2, 0.25) is 0 Å². The molecule has 254 valence electrons. The van der Waals surface area contributed by atoms with Crippen molar-refractivity contribution in [3.63, 3.8) is 0 Å². The van der Waals surface area contributed by atoms with Crippen LogP contribution in [0.5, 0.6) is 0 Å². The van der Waals surface area contributed by atoms with Crippen LogP contribution >= 0.6 is 0 Å². The monoisotopic (exact) mass is 697 g/mol. The van der Waals surface area contributed by atoms with E-state index in [4.69, 9.17) is 4.98 Å². The van der Waals surface area contributed by atoms with Gasteiger partial charge in [0.25, 0.3) is 0 Å². The van der Waals surface area contributed by atoms with Crippen molar-refractivity contribution in [1.29, 1.82) is 0 Å². The molecule has 9 aromatic carbocycles. The minimum Gasteiger partial charge on any atom is -0.292 e. The number of fused-ring (bicyclic) bond motifs is 12. The van der Waals surface area contributed by atoms with Gasteiger partial charge in [-0.3, -0.25) is 9.38 Å². The number of imidazole rings is 1. The number of hydrogen-bond donors (Lipinski definition) is 0. The Hall–Kier alpha value is -7.36. The fourth-order valence-corrected chi connectivity index (χ4v) is 9.05. The SMILES string of the molecule is c1ccc2cc(-c3c4ccccc4c(-c4ccc5ccccc5c4)c4cc(-c5ccc6c(c5)c5cnccc5c5nc7ccccc7n65)ccc34)ccc2c1. The summed E-state index contributed by atoms with van der Waals surface area (Å²) in [4.78, 5) is 9.66. The Morgan fingerprint density at radius 1 is 0.345 bits per heavy atom. The molecule has 3 aromatic heterocycles. The molecule has 0 bridgehead atoms. The van der Waals surface area contributed by atoms with Crippen LogP contribution in [0.4, 0.5) is 0 Å². The maximum atomic E-state index is 5.08. The largest absolute Gasteiger partial charge is 0.292 e. The molecule has 3 nitrogen and oxygen atoms in total. The van der Waals surface area contributed by atoms with E-state index in [-0.39, 0.29) is 0 Å². The third kappa shape index (κ3) is 4.50. The Morgan fingerprint density at radius 2 is 0.909 bits per heavy atom. The maximum absolute atomic E-state index is 5.08. The van der Waals surface area contributed by atoms with Crippen LogP contribution in [0, 0.1) is 0 Å². The minimum atomic E-state index is 0.956. The molecule has 0 saturated heterocycles. The van der Waals surface area contributed by atoms with Gasteiger partial charge in [-0.25, -0.2) is 4.98 Å². The van der Waals surface area contributed by atoms with Gasteiger partial charge in [-0.1, -0.05) is 127 Å². The van der Waals surface area contributed by atoms with Gasteiger partial charge < -0.3 is 0 Å². The molecule has 0 radical (unpaired) electrons. The van der Waals surface area contributed by atoms with Crippen molar-refractivity contribution in [2.45, 2.75) is 0 Å². The fourth-order valence-electron chi connectivity index (χ4n) is 9.05. The first-order valence-corrected chi connectivity index (χ1v) is 18.8. The Kier molecular flexibility index (Phi) is 6.34. The highest BCUT2D eigenvalue weighted by molar-refractivity contribution is 6.23. The smallest absolute Gasteiger partial charge is 0.146 e. The molecule has 0 atom stereocenters. The van der Waals surface area contributed by atoms with Crippen molar-refractivity contribution < 1.29 is 0 Å². The van der Waals surface area contributed by atoms with Crippen LogP contribution in [-0.4, -0.2) is 14.4 Å². The van der Waals surface area contributed by atoms with Gasteiger partial charge in [0.05, 0.1) is 16.6 Å². The molecule has 3 heteroatoms. The van der Waals surface area contributed by atoms with Crippen LogP contribution in [0.25, 0.3) is 115 Å². The first-order chi connectivity index (χ1) is 27.3. The lowest BCUT2D eigenvalue weighted by molar-refractivity contribution is 1.30. The molecule has 0 aliphatic rings. The van der Waals surface area contributed by atoms with Crippen LogP contribution in [0.1, 0.15) is 0 Å². The number of hydrogen-bond acceptors (Lipinski definition) is 2. The summed E-state index contributed by atoms with van der Waals surface area (Å²) in [5.74, 6) is 0. The molecular formula is C52H31N3. The third-order valence-electron chi connectivity index (χ3n) is 11.6. The van der Waals surface area contributed by atoms with Gasteiger partial charge in [-0.05, 0) is 125 Å². The maximum Gasteiger partial charge on any atom is 0.146 e. The fraction of sp³-hybridized carbons (Fsp3) is 0. The lowest BCUT2D eigenvalue weighted by Crippen LogP contribution is -1.94. The first kappa shape index (κ1) is 30.1. The van der Waals surface area contributed by atoms with Crippen molar-refractivity contribution in [2.24, 2.45) is 0 Å². The van der Waals surface area contributed by atoms with Crippen molar-refractivity contribution >= 4 is 81.4 Å². The second-order valence-electron chi connectivity index (χ2n) is 14.6. The lowest BCUT2D eigenvalue weighted by atomic mass is 9.84. The number of aromatic nitrogens is 3. The molecular weight excluding hydrogens is 667 g/mol. The van der Waals surface area contributed by atoms with Crippen molar-refractivity contribution in [3.8, 4) is 33.4 Å². The van der Waals surface area contributed by atoms with Crippen LogP contribution in [0.2, 0.25) is 0 Å². The second-order valence-corrected chi connectivity index (χ2v) is 14.6. The normalized spacial score (nSPS) is 12.0. The summed E-state index contributed by atoms with van der Waals surface area (Å²) < 4.78 is 2.30. The van der Waals surface area contributed by atoms with Gasteiger partial charge in [0.15, 0.2) is 0 Å². The van der Waals surface area contributed by atoms with E-state index in [9.17, 15) is 0 Å². The number of rotatable bonds is 3. The van der Waals surface area contributed by atoms with E-state index in [1.807, 2.05) is 12.4 Å². The van der Waals surface area contributed by atoms with E-state index in [0.29, 0.717) is 0 Å². The van der Waals surface area contributed by atoms with Crippen LogP contribution < -0.4 is 0 Å². The summed E-state index contributed by atoms with van der Waals surface area (Å²) in [5.41, 5.74) is 11.5. The van der Waals surface area contributed by atoms with Crippen molar-refractivity contribution in [1.82, 2.24) is 14.4 Å². The molecule has 0 aliphatic carbocycles. The van der Waals surface area contributed by atoms with E-state index in [2.05, 4.69) is 185 Å². The van der Waals surface area contributed by atoms with Crippen LogP contribution in [-0.2, 0) is 0 Å². The predicted octanol–water partition coefficient (Wildman–Crippen LogP) is 13.8. The minimum absolute atomic E-state index is 0.956. The number of nitrogens with zero attached hydrogens (tertiary/aromatic N) is 3. The highest BCUT2D eigenvalue weighted by Crippen LogP contribution is 2.46. The summed E-state index contributed by atoms with van der Waals surface area (Å²) in [6.07, 6.45) is 3.85. The Labute approximate surface area is 316 Å². The Morgan fingerprint density at radius 3 is 1.64 bits per heavy atom. The van der Waals surface area contributed by atoms with Gasteiger partial charge in [0.1, 0.15) is 5.65 Å². The summed E-state index contributed by atoms with van der Waals surface area (Å²) in [5, 5.41) is 13.3.